The number of benzene rings is 1. The molecule has 1 aromatic carbocycles. The maximum Gasteiger partial charge on any atom is 0.241 e. The molecule has 19 heavy (non-hydrogen) atoms. The molecule has 0 aliphatic carbocycles. The molecule has 0 aliphatic heterocycles. The minimum absolute atomic E-state index is 0.193. The second-order valence-corrected chi connectivity index (χ2v) is 4.20. The standard InChI is InChI=1S/C14H15N3O2/c15-13(9-10-1-3-12(18)4-2-10)14(19)17-11-5-7-16-8-6-11/h1-8,13,18H,9,15H2,(H,16,17,19)/t13-/m0/s1. The van der Waals surface area contributed by atoms with Crippen molar-refractivity contribution in [1.29, 1.82) is 0 Å². The number of nitrogens with one attached hydrogen (secondary N) is 1. The van der Waals surface area contributed by atoms with Crippen molar-refractivity contribution in [3.8, 4) is 5.75 Å². The van der Waals surface area contributed by atoms with Crippen LogP contribution in [0.1, 0.15) is 5.56 Å². The highest BCUT2D eigenvalue weighted by Gasteiger charge is 2.14. The summed E-state index contributed by atoms with van der Waals surface area (Å²) in [5.74, 6) is -0.0576. The lowest BCUT2D eigenvalue weighted by Crippen LogP contribution is -2.37. The lowest BCUT2D eigenvalue weighted by atomic mass is 10.1. The van der Waals surface area contributed by atoms with Gasteiger partial charge in [-0.3, -0.25) is 9.78 Å². The van der Waals surface area contributed by atoms with Gasteiger partial charge in [0.15, 0.2) is 0 Å². The van der Waals surface area contributed by atoms with Gasteiger partial charge in [-0.15, -0.1) is 0 Å². The predicted molar refractivity (Wildman–Crippen MR) is 72.7 cm³/mol. The SMILES string of the molecule is N[C@@H](Cc1ccc(O)cc1)C(=O)Nc1ccncc1. The van der Waals surface area contributed by atoms with Crippen LogP contribution in [0.2, 0.25) is 0 Å². The van der Waals surface area contributed by atoms with Crippen LogP contribution in [0, 0.1) is 0 Å². The molecule has 0 radical (unpaired) electrons. The van der Waals surface area contributed by atoms with Crippen LogP contribution in [0.4, 0.5) is 5.69 Å². The van der Waals surface area contributed by atoms with E-state index < -0.39 is 6.04 Å². The maximum absolute atomic E-state index is 11.9. The van der Waals surface area contributed by atoms with Crippen LogP contribution in [0.3, 0.4) is 0 Å². The fourth-order valence-electron chi connectivity index (χ4n) is 1.65. The van der Waals surface area contributed by atoms with E-state index >= 15 is 0 Å². The number of rotatable bonds is 4. The van der Waals surface area contributed by atoms with Gasteiger partial charge in [-0.1, -0.05) is 12.1 Å². The summed E-state index contributed by atoms with van der Waals surface area (Å²) in [6.45, 7) is 0. The number of aromatic hydroxyl groups is 1. The number of nitrogens with two attached hydrogens (primary N) is 1. The Morgan fingerprint density at radius 3 is 2.47 bits per heavy atom. The number of hydrogen-bond acceptors (Lipinski definition) is 4. The van der Waals surface area contributed by atoms with Crippen LogP contribution in [0.15, 0.2) is 48.8 Å². The molecule has 1 heterocycles. The Labute approximate surface area is 111 Å². The Kier molecular flexibility index (Phi) is 4.10. The zero-order chi connectivity index (χ0) is 13.7. The topological polar surface area (TPSA) is 88.2 Å². The average Bonchev–Trinajstić information content (AvgIpc) is 2.42. The van der Waals surface area contributed by atoms with Gasteiger partial charge in [0.25, 0.3) is 0 Å². The number of pyridine rings is 1. The Balaban J connectivity index is 1.94. The number of amides is 1. The van der Waals surface area contributed by atoms with Gasteiger partial charge in [-0.25, -0.2) is 0 Å². The molecule has 2 aromatic rings. The molecule has 0 spiro atoms. The first-order valence-corrected chi connectivity index (χ1v) is 5.89. The maximum atomic E-state index is 11.9. The van der Waals surface area contributed by atoms with Gasteiger partial charge >= 0.3 is 0 Å². The Morgan fingerprint density at radius 1 is 1.21 bits per heavy atom. The van der Waals surface area contributed by atoms with Crippen LogP contribution in [0.25, 0.3) is 0 Å². The summed E-state index contributed by atoms with van der Waals surface area (Å²) in [6, 6.07) is 9.39. The van der Waals surface area contributed by atoms with Gasteiger partial charge in [0.2, 0.25) is 5.91 Å². The largest absolute Gasteiger partial charge is 0.508 e. The predicted octanol–water partition coefficient (Wildman–Crippen LogP) is 1.30. The molecule has 0 bridgehead atoms. The number of carbonyl (C=O) groups is 1. The lowest BCUT2D eigenvalue weighted by Gasteiger charge is -2.12. The first kappa shape index (κ1) is 13.0. The zero-order valence-electron chi connectivity index (χ0n) is 10.3. The average molecular weight is 257 g/mol. The molecule has 4 N–H and O–H groups in total. The molecule has 2 rings (SSSR count). The van der Waals surface area contributed by atoms with Crippen molar-refractivity contribution < 1.29 is 9.90 Å². The molecule has 5 heteroatoms. The molecule has 98 valence electrons. The molecule has 0 fully saturated rings. The van der Waals surface area contributed by atoms with Gasteiger partial charge in [0, 0.05) is 18.1 Å². The van der Waals surface area contributed by atoms with Gasteiger partial charge < -0.3 is 16.2 Å². The van der Waals surface area contributed by atoms with E-state index in [9.17, 15) is 9.90 Å². The summed E-state index contributed by atoms with van der Waals surface area (Å²) in [5, 5.41) is 11.9. The second kappa shape index (κ2) is 5.97. The van der Waals surface area contributed by atoms with E-state index in [0.29, 0.717) is 12.1 Å². The van der Waals surface area contributed by atoms with Crippen molar-refractivity contribution in [1.82, 2.24) is 4.98 Å². The van der Waals surface area contributed by atoms with E-state index in [2.05, 4.69) is 10.3 Å². The minimum atomic E-state index is -0.641. The lowest BCUT2D eigenvalue weighted by molar-refractivity contribution is -0.117. The van der Waals surface area contributed by atoms with Gasteiger partial charge in [-0.2, -0.15) is 0 Å². The summed E-state index contributed by atoms with van der Waals surface area (Å²) >= 11 is 0. The number of phenolic OH excluding ortho intramolecular Hbond substituents is 1. The highest BCUT2D eigenvalue weighted by atomic mass is 16.3. The Bertz CT molecular complexity index is 540. The first-order chi connectivity index (χ1) is 9.15. The summed E-state index contributed by atoms with van der Waals surface area (Å²) in [6.07, 6.45) is 3.61. The number of phenols is 1. The second-order valence-electron chi connectivity index (χ2n) is 4.20. The van der Waals surface area contributed by atoms with Gasteiger partial charge in [-0.05, 0) is 36.2 Å². The first-order valence-electron chi connectivity index (χ1n) is 5.89. The third-order valence-electron chi connectivity index (χ3n) is 2.68. The van der Waals surface area contributed by atoms with Crippen LogP contribution >= 0.6 is 0 Å². The quantitative estimate of drug-likeness (QED) is 0.770. The molecule has 0 saturated carbocycles. The highest BCUT2D eigenvalue weighted by molar-refractivity contribution is 5.94. The molecule has 1 atom stereocenters. The van der Waals surface area contributed by atoms with Crippen LogP contribution < -0.4 is 11.1 Å². The Morgan fingerprint density at radius 2 is 1.84 bits per heavy atom. The van der Waals surface area contributed by atoms with E-state index in [-0.39, 0.29) is 11.7 Å². The van der Waals surface area contributed by atoms with Crippen LogP contribution in [0.5, 0.6) is 5.75 Å². The fraction of sp³-hybridized carbons (Fsp3) is 0.143. The number of aromatic nitrogens is 1. The molecule has 0 saturated heterocycles. The third-order valence-corrected chi connectivity index (χ3v) is 2.68. The monoisotopic (exact) mass is 257 g/mol. The van der Waals surface area contributed by atoms with Crippen molar-refractivity contribution >= 4 is 11.6 Å². The summed E-state index contributed by atoms with van der Waals surface area (Å²) in [4.78, 5) is 15.7. The van der Waals surface area contributed by atoms with Crippen molar-refractivity contribution in [3.05, 3.63) is 54.4 Å². The molecule has 1 aromatic heterocycles. The summed E-state index contributed by atoms with van der Waals surface area (Å²) in [5.41, 5.74) is 7.41. The van der Waals surface area contributed by atoms with Crippen LogP contribution in [-0.2, 0) is 11.2 Å². The number of carbonyl (C=O) groups excluding carboxylic acids is 1. The van der Waals surface area contributed by atoms with Crippen LogP contribution in [-0.4, -0.2) is 22.0 Å². The van der Waals surface area contributed by atoms with E-state index in [1.165, 1.54) is 0 Å². The number of nitrogens with zero attached hydrogens (tertiary/aromatic N) is 1. The number of anilines is 1. The third kappa shape index (κ3) is 3.79. The molecular weight excluding hydrogens is 242 g/mol. The van der Waals surface area contributed by atoms with Crippen molar-refractivity contribution in [2.75, 3.05) is 5.32 Å². The molecule has 0 unspecified atom stereocenters. The molecular formula is C14H15N3O2. The van der Waals surface area contributed by atoms with E-state index in [0.717, 1.165) is 5.56 Å². The smallest absolute Gasteiger partial charge is 0.241 e. The normalized spacial score (nSPS) is 11.8. The fourth-order valence-corrected chi connectivity index (χ4v) is 1.65. The highest BCUT2D eigenvalue weighted by Crippen LogP contribution is 2.11. The van der Waals surface area contributed by atoms with E-state index in [4.69, 9.17) is 5.73 Å². The van der Waals surface area contributed by atoms with Crippen molar-refractivity contribution in [2.45, 2.75) is 12.5 Å². The van der Waals surface area contributed by atoms with Gasteiger partial charge in [0.1, 0.15) is 5.75 Å². The molecule has 5 nitrogen and oxygen atoms in total. The molecule has 1 amide bonds. The summed E-state index contributed by atoms with van der Waals surface area (Å²) in [7, 11) is 0. The van der Waals surface area contributed by atoms with Crippen molar-refractivity contribution in [3.63, 3.8) is 0 Å². The van der Waals surface area contributed by atoms with Crippen molar-refractivity contribution in [2.24, 2.45) is 5.73 Å². The van der Waals surface area contributed by atoms with E-state index in [1.807, 2.05) is 0 Å². The minimum Gasteiger partial charge on any atom is -0.508 e. The number of hydrogen-bond donors (Lipinski definition) is 3. The van der Waals surface area contributed by atoms with Gasteiger partial charge in [0.05, 0.1) is 6.04 Å². The molecule has 0 aliphatic rings. The Hall–Kier alpha value is -2.40. The van der Waals surface area contributed by atoms with E-state index in [1.54, 1.807) is 48.8 Å². The zero-order valence-corrected chi connectivity index (χ0v) is 10.3. The summed E-state index contributed by atoms with van der Waals surface area (Å²) < 4.78 is 0.